The molecular formula is C9H18O2S. The first kappa shape index (κ1) is 10.4. The van der Waals surface area contributed by atoms with Gasteiger partial charge in [-0.2, -0.15) is 11.8 Å². The lowest BCUT2D eigenvalue weighted by atomic mass is 9.97. The molecule has 0 bridgehead atoms. The van der Waals surface area contributed by atoms with Crippen molar-refractivity contribution in [3.63, 3.8) is 0 Å². The third kappa shape index (κ3) is 3.33. The quantitative estimate of drug-likeness (QED) is 0.658. The first-order valence-corrected chi connectivity index (χ1v) is 5.80. The van der Waals surface area contributed by atoms with E-state index in [1.165, 1.54) is 12.8 Å². The predicted molar refractivity (Wildman–Crippen MR) is 52.4 cm³/mol. The monoisotopic (exact) mass is 190 g/mol. The molecule has 1 fully saturated rings. The van der Waals surface area contributed by atoms with Gasteiger partial charge < -0.3 is 10.2 Å². The van der Waals surface area contributed by atoms with Crippen LogP contribution < -0.4 is 0 Å². The second kappa shape index (κ2) is 5.84. The summed E-state index contributed by atoms with van der Waals surface area (Å²) in [6.07, 6.45) is 5.32. The Morgan fingerprint density at radius 1 is 1.25 bits per heavy atom. The minimum absolute atomic E-state index is 0.0950. The van der Waals surface area contributed by atoms with Gasteiger partial charge in [0.15, 0.2) is 0 Å². The lowest BCUT2D eigenvalue weighted by Gasteiger charge is -2.26. The first-order valence-electron chi connectivity index (χ1n) is 4.75. The third-order valence-corrected chi connectivity index (χ3v) is 3.80. The van der Waals surface area contributed by atoms with Crippen LogP contribution in [0.25, 0.3) is 0 Å². The van der Waals surface area contributed by atoms with Gasteiger partial charge in [-0.3, -0.25) is 0 Å². The van der Waals surface area contributed by atoms with Crippen LogP contribution in [0.5, 0.6) is 0 Å². The smallest absolute Gasteiger partial charge is 0.0658 e. The Labute approximate surface area is 78.4 Å². The largest absolute Gasteiger partial charge is 0.396 e. The molecule has 72 valence electrons. The maximum atomic E-state index is 9.58. The summed E-state index contributed by atoms with van der Waals surface area (Å²) in [6, 6.07) is 0. The van der Waals surface area contributed by atoms with Crippen LogP contribution in [-0.4, -0.2) is 33.9 Å². The van der Waals surface area contributed by atoms with Gasteiger partial charge in [0.1, 0.15) is 0 Å². The van der Waals surface area contributed by atoms with Gasteiger partial charge in [0.05, 0.1) is 6.10 Å². The molecular weight excluding hydrogens is 172 g/mol. The van der Waals surface area contributed by atoms with E-state index in [1.54, 1.807) is 0 Å². The number of aliphatic hydroxyl groups is 2. The van der Waals surface area contributed by atoms with Gasteiger partial charge in [-0.05, 0) is 25.0 Å². The lowest BCUT2D eigenvalue weighted by Crippen LogP contribution is -2.27. The molecule has 1 aliphatic rings. The number of hydrogen-bond acceptors (Lipinski definition) is 3. The summed E-state index contributed by atoms with van der Waals surface area (Å²) in [5.74, 6) is 0.984. The first-order chi connectivity index (χ1) is 5.84. The molecule has 12 heavy (non-hydrogen) atoms. The molecule has 0 saturated heterocycles. The molecule has 0 aromatic carbocycles. The molecule has 3 heteroatoms. The molecule has 1 aliphatic carbocycles. The van der Waals surface area contributed by atoms with Gasteiger partial charge in [-0.15, -0.1) is 0 Å². The maximum absolute atomic E-state index is 9.58. The van der Waals surface area contributed by atoms with Crippen molar-refractivity contribution >= 4 is 11.8 Å². The summed E-state index contributed by atoms with van der Waals surface area (Å²) >= 11 is 1.82. The fourth-order valence-electron chi connectivity index (χ4n) is 1.57. The second-order valence-electron chi connectivity index (χ2n) is 3.34. The predicted octanol–water partition coefficient (Wildman–Crippen LogP) is 1.41. The lowest BCUT2D eigenvalue weighted by molar-refractivity contribution is 0.137. The second-order valence-corrected chi connectivity index (χ2v) is 4.69. The van der Waals surface area contributed by atoms with Crippen molar-refractivity contribution < 1.29 is 10.2 Å². The highest BCUT2D eigenvalue weighted by molar-refractivity contribution is 7.99. The average molecular weight is 190 g/mol. The topological polar surface area (TPSA) is 40.5 Å². The zero-order valence-corrected chi connectivity index (χ0v) is 8.22. The van der Waals surface area contributed by atoms with Crippen LogP contribution in [0.1, 0.15) is 32.1 Å². The van der Waals surface area contributed by atoms with Crippen LogP contribution in [0.4, 0.5) is 0 Å². The van der Waals surface area contributed by atoms with Crippen molar-refractivity contribution in [2.24, 2.45) is 0 Å². The molecule has 2 N–H and O–H groups in total. The van der Waals surface area contributed by atoms with Gasteiger partial charge in [0.25, 0.3) is 0 Å². The Balaban J connectivity index is 2.11. The van der Waals surface area contributed by atoms with Gasteiger partial charge >= 0.3 is 0 Å². The van der Waals surface area contributed by atoms with E-state index in [0.717, 1.165) is 25.0 Å². The van der Waals surface area contributed by atoms with Crippen molar-refractivity contribution in [2.75, 3.05) is 12.4 Å². The van der Waals surface area contributed by atoms with Crippen molar-refractivity contribution in [1.29, 1.82) is 0 Å². The summed E-state index contributed by atoms with van der Waals surface area (Å²) in [5.41, 5.74) is 0. The highest BCUT2D eigenvalue weighted by Gasteiger charge is 2.22. The normalized spacial score (nSPS) is 30.5. The van der Waals surface area contributed by atoms with Crippen LogP contribution in [-0.2, 0) is 0 Å². The van der Waals surface area contributed by atoms with E-state index in [9.17, 15) is 5.11 Å². The molecule has 0 unspecified atom stereocenters. The Morgan fingerprint density at radius 2 is 2.00 bits per heavy atom. The summed E-state index contributed by atoms with van der Waals surface area (Å²) in [4.78, 5) is 0. The molecule has 0 aromatic heterocycles. The van der Waals surface area contributed by atoms with E-state index in [-0.39, 0.29) is 12.7 Å². The van der Waals surface area contributed by atoms with Crippen LogP contribution in [0, 0.1) is 0 Å². The van der Waals surface area contributed by atoms with E-state index in [2.05, 4.69) is 0 Å². The number of aliphatic hydroxyl groups excluding tert-OH is 2. The van der Waals surface area contributed by atoms with E-state index < -0.39 is 0 Å². The summed E-state index contributed by atoms with van der Waals surface area (Å²) in [6.45, 7) is 0.274. The molecule has 0 radical (unpaired) electrons. The number of rotatable bonds is 4. The van der Waals surface area contributed by atoms with Crippen LogP contribution in [0.2, 0.25) is 0 Å². The SMILES string of the molecule is OCCCS[C@@H]1CCCC[C@H]1O. The highest BCUT2D eigenvalue weighted by Crippen LogP contribution is 2.28. The minimum atomic E-state index is -0.0950. The van der Waals surface area contributed by atoms with Crippen LogP contribution >= 0.6 is 11.8 Å². The summed E-state index contributed by atoms with van der Waals surface area (Å²) < 4.78 is 0. The molecule has 1 rings (SSSR count). The summed E-state index contributed by atoms with van der Waals surface area (Å²) in [7, 11) is 0. The average Bonchev–Trinajstić information content (AvgIpc) is 2.09. The Kier molecular flexibility index (Phi) is 5.04. The van der Waals surface area contributed by atoms with E-state index >= 15 is 0 Å². The maximum Gasteiger partial charge on any atom is 0.0658 e. The molecule has 0 aromatic rings. The molecule has 2 nitrogen and oxygen atoms in total. The zero-order valence-electron chi connectivity index (χ0n) is 7.41. The Morgan fingerprint density at radius 3 is 2.67 bits per heavy atom. The van der Waals surface area contributed by atoms with Crippen molar-refractivity contribution in [1.82, 2.24) is 0 Å². The third-order valence-electron chi connectivity index (χ3n) is 2.30. The Hall–Kier alpha value is 0.270. The molecule has 1 saturated carbocycles. The van der Waals surface area contributed by atoms with Crippen LogP contribution in [0.15, 0.2) is 0 Å². The van der Waals surface area contributed by atoms with E-state index in [0.29, 0.717) is 5.25 Å². The highest BCUT2D eigenvalue weighted by atomic mass is 32.2. The van der Waals surface area contributed by atoms with Crippen molar-refractivity contribution in [3.8, 4) is 0 Å². The molecule has 0 amide bonds. The zero-order chi connectivity index (χ0) is 8.81. The van der Waals surface area contributed by atoms with Gasteiger partial charge in [-0.25, -0.2) is 0 Å². The summed E-state index contributed by atoms with van der Waals surface area (Å²) in [5, 5.41) is 18.6. The molecule has 2 atom stereocenters. The standard InChI is InChI=1S/C9H18O2S/c10-6-3-7-12-9-5-2-1-4-8(9)11/h8-11H,1-7H2/t8-,9-/m1/s1. The van der Waals surface area contributed by atoms with Gasteiger partial charge in [0.2, 0.25) is 0 Å². The number of thioether (sulfide) groups is 1. The van der Waals surface area contributed by atoms with E-state index in [1.807, 2.05) is 11.8 Å². The molecule has 0 spiro atoms. The van der Waals surface area contributed by atoms with E-state index in [4.69, 9.17) is 5.11 Å². The number of hydrogen-bond donors (Lipinski definition) is 2. The fraction of sp³-hybridized carbons (Fsp3) is 1.00. The van der Waals surface area contributed by atoms with Crippen LogP contribution in [0.3, 0.4) is 0 Å². The van der Waals surface area contributed by atoms with Crippen molar-refractivity contribution in [2.45, 2.75) is 43.5 Å². The minimum Gasteiger partial charge on any atom is -0.396 e. The molecule has 0 heterocycles. The fourth-order valence-corrected chi connectivity index (χ4v) is 2.86. The van der Waals surface area contributed by atoms with Gasteiger partial charge in [0, 0.05) is 11.9 Å². The Bertz CT molecular complexity index is 119. The van der Waals surface area contributed by atoms with Gasteiger partial charge in [-0.1, -0.05) is 12.8 Å². The van der Waals surface area contributed by atoms with Crippen molar-refractivity contribution in [3.05, 3.63) is 0 Å². The molecule has 0 aliphatic heterocycles.